The Balaban J connectivity index is 1.46. The SMILES string of the molecule is CC(=C\c1ccccc1)/C=C1/SC(=S)N(CC(=O)Nc2cccc3ccccc23)C1=O. The molecule has 0 spiro atoms. The minimum absolute atomic E-state index is 0.118. The van der Waals surface area contributed by atoms with Crippen LogP contribution in [0.2, 0.25) is 0 Å². The Morgan fingerprint density at radius 1 is 1.03 bits per heavy atom. The number of hydrogen-bond donors (Lipinski definition) is 1. The summed E-state index contributed by atoms with van der Waals surface area (Å²) in [6, 6.07) is 23.4. The molecule has 1 N–H and O–H groups in total. The lowest BCUT2D eigenvalue weighted by atomic mass is 10.1. The first-order chi connectivity index (χ1) is 15.0. The third-order valence-electron chi connectivity index (χ3n) is 4.79. The number of carbonyl (C=O) groups excluding carboxylic acids is 2. The molecule has 2 amide bonds. The number of carbonyl (C=O) groups is 2. The third kappa shape index (κ3) is 4.93. The summed E-state index contributed by atoms with van der Waals surface area (Å²) >= 11 is 6.58. The molecule has 1 fully saturated rings. The molecule has 0 atom stereocenters. The van der Waals surface area contributed by atoms with E-state index in [2.05, 4.69) is 5.32 Å². The maximum absolute atomic E-state index is 12.8. The van der Waals surface area contributed by atoms with E-state index in [1.54, 1.807) is 0 Å². The molecule has 1 saturated heterocycles. The summed E-state index contributed by atoms with van der Waals surface area (Å²) in [6.45, 7) is 1.82. The van der Waals surface area contributed by atoms with Gasteiger partial charge in [0.05, 0.1) is 4.91 Å². The van der Waals surface area contributed by atoms with Gasteiger partial charge in [-0.25, -0.2) is 0 Å². The van der Waals surface area contributed by atoms with Crippen molar-refractivity contribution in [3.8, 4) is 0 Å². The van der Waals surface area contributed by atoms with Crippen molar-refractivity contribution in [1.29, 1.82) is 0 Å². The molecule has 3 aromatic rings. The summed E-state index contributed by atoms with van der Waals surface area (Å²) in [6.07, 6.45) is 3.81. The second kappa shape index (κ2) is 9.29. The van der Waals surface area contributed by atoms with Crippen LogP contribution >= 0.6 is 24.0 Å². The van der Waals surface area contributed by atoms with Crippen molar-refractivity contribution < 1.29 is 9.59 Å². The molecule has 0 aliphatic carbocycles. The molecule has 4 nitrogen and oxygen atoms in total. The number of fused-ring (bicyclic) bond motifs is 1. The minimum atomic E-state index is -0.287. The average molecular weight is 445 g/mol. The lowest BCUT2D eigenvalue weighted by Gasteiger charge is -2.15. The van der Waals surface area contributed by atoms with Gasteiger partial charge in [0, 0.05) is 11.1 Å². The van der Waals surface area contributed by atoms with Gasteiger partial charge in [-0.2, -0.15) is 0 Å². The van der Waals surface area contributed by atoms with Gasteiger partial charge in [0.1, 0.15) is 10.9 Å². The molecule has 0 unspecified atom stereocenters. The molecule has 1 heterocycles. The highest BCUT2D eigenvalue weighted by atomic mass is 32.2. The van der Waals surface area contributed by atoms with Crippen LogP contribution in [-0.4, -0.2) is 27.6 Å². The smallest absolute Gasteiger partial charge is 0.266 e. The van der Waals surface area contributed by atoms with Crippen LogP contribution in [0.4, 0.5) is 5.69 Å². The van der Waals surface area contributed by atoms with Gasteiger partial charge >= 0.3 is 0 Å². The van der Waals surface area contributed by atoms with Crippen molar-refractivity contribution in [2.24, 2.45) is 0 Å². The van der Waals surface area contributed by atoms with Crippen molar-refractivity contribution in [1.82, 2.24) is 4.90 Å². The molecule has 3 aromatic carbocycles. The van der Waals surface area contributed by atoms with Crippen LogP contribution in [0.1, 0.15) is 12.5 Å². The topological polar surface area (TPSA) is 49.4 Å². The molecule has 0 aromatic heterocycles. The highest BCUT2D eigenvalue weighted by Gasteiger charge is 2.33. The van der Waals surface area contributed by atoms with Crippen LogP contribution in [0.25, 0.3) is 16.8 Å². The molecule has 1 aliphatic heterocycles. The number of anilines is 1. The summed E-state index contributed by atoms with van der Waals surface area (Å²) in [7, 11) is 0. The Hall–Kier alpha value is -3.22. The van der Waals surface area contributed by atoms with E-state index in [9.17, 15) is 9.59 Å². The number of thioether (sulfide) groups is 1. The van der Waals surface area contributed by atoms with Gasteiger partial charge < -0.3 is 5.32 Å². The first-order valence-corrected chi connectivity index (χ1v) is 11.0. The molecule has 1 aliphatic rings. The summed E-state index contributed by atoms with van der Waals surface area (Å²) in [5, 5.41) is 4.89. The largest absolute Gasteiger partial charge is 0.324 e. The quantitative estimate of drug-likeness (QED) is 0.410. The first kappa shape index (κ1) is 21.0. The fourth-order valence-electron chi connectivity index (χ4n) is 3.36. The van der Waals surface area contributed by atoms with E-state index in [-0.39, 0.29) is 18.4 Å². The monoisotopic (exact) mass is 444 g/mol. The van der Waals surface area contributed by atoms with E-state index in [1.165, 1.54) is 16.7 Å². The fraction of sp³-hybridized carbons (Fsp3) is 0.0800. The number of nitrogens with zero attached hydrogens (tertiary/aromatic N) is 1. The third-order valence-corrected chi connectivity index (χ3v) is 6.17. The number of amides is 2. The van der Waals surface area contributed by atoms with Crippen molar-refractivity contribution in [3.05, 3.63) is 94.9 Å². The lowest BCUT2D eigenvalue weighted by Crippen LogP contribution is -2.36. The lowest BCUT2D eigenvalue weighted by molar-refractivity contribution is -0.126. The van der Waals surface area contributed by atoms with Gasteiger partial charge in [-0.1, -0.05) is 96.8 Å². The summed E-state index contributed by atoms with van der Waals surface area (Å²) in [4.78, 5) is 27.4. The maximum Gasteiger partial charge on any atom is 0.266 e. The van der Waals surface area contributed by atoms with Gasteiger partial charge in [-0.15, -0.1) is 0 Å². The molecule has 6 heteroatoms. The molecular formula is C25H20N2O2S2. The van der Waals surface area contributed by atoms with Crippen LogP contribution in [0, 0.1) is 0 Å². The molecule has 0 saturated carbocycles. The maximum atomic E-state index is 12.8. The van der Waals surface area contributed by atoms with E-state index in [1.807, 2.05) is 91.9 Å². The number of benzene rings is 3. The highest BCUT2D eigenvalue weighted by Crippen LogP contribution is 2.32. The molecule has 0 radical (unpaired) electrons. The molecular weight excluding hydrogens is 424 g/mol. The number of nitrogens with one attached hydrogen (secondary N) is 1. The minimum Gasteiger partial charge on any atom is -0.324 e. The summed E-state index contributed by atoms with van der Waals surface area (Å²) in [5.41, 5.74) is 2.71. The molecule has 154 valence electrons. The number of allylic oxidation sites excluding steroid dienone is 2. The van der Waals surface area contributed by atoms with E-state index in [0.29, 0.717) is 14.9 Å². The summed E-state index contributed by atoms with van der Waals surface area (Å²) in [5.74, 6) is -0.533. The second-order valence-electron chi connectivity index (χ2n) is 7.14. The molecule has 31 heavy (non-hydrogen) atoms. The van der Waals surface area contributed by atoms with Crippen LogP contribution in [-0.2, 0) is 9.59 Å². The zero-order valence-corrected chi connectivity index (χ0v) is 18.5. The van der Waals surface area contributed by atoms with Crippen LogP contribution in [0.5, 0.6) is 0 Å². The van der Waals surface area contributed by atoms with Gasteiger partial charge in [0.15, 0.2) is 0 Å². The zero-order chi connectivity index (χ0) is 21.8. The Morgan fingerprint density at radius 2 is 1.74 bits per heavy atom. The van der Waals surface area contributed by atoms with Crippen LogP contribution in [0.3, 0.4) is 0 Å². The standard InChI is InChI=1S/C25H20N2O2S2/c1-17(14-18-8-3-2-4-9-18)15-22-24(29)27(25(30)31-22)16-23(28)26-21-13-7-11-19-10-5-6-12-20(19)21/h2-15H,16H2,1H3,(H,26,28)/b17-14+,22-15+. The van der Waals surface area contributed by atoms with Gasteiger partial charge in [0.2, 0.25) is 5.91 Å². The second-order valence-corrected chi connectivity index (χ2v) is 8.82. The van der Waals surface area contributed by atoms with Gasteiger partial charge in [-0.05, 0) is 35.6 Å². The Kier molecular flexibility index (Phi) is 6.30. The number of thiocarbonyl (C=S) groups is 1. The Morgan fingerprint density at radius 3 is 2.55 bits per heavy atom. The van der Waals surface area contributed by atoms with E-state index >= 15 is 0 Å². The highest BCUT2D eigenvalue weighted by molar-refractivity contribution is 8.26. The molecule has 0 bridgehead atoms. The predicted molar refractivity (Wildman–Crippen MR) is 133 cm³/mol. The molecule has 4 rings (SSSR count). The normalized spacial score (nSPS) is 15.7. The van der Waals surface area contributed by atoms with E-state index in [0.717, 1.165) is 21.9 Å². The van der Waals surface area contributed by atoms with Crippen molar-refractivity contribution in [2.45, 2.75) is 6.92 Å². The van der Waals surface area contributed by atoms with E-state index < -0.39 is 0 Å². The van der Waals surface area contributed by atoms with E-state index in [4.69, 9.17) is 12.2 Å². The zero-order valence-electron chi connectivity index (χ0n) is 16.9. The Labute approximate surface area is 190 Å². The average Bonchev–Trinajstić information content (AvgIpc) is 3.02. The van der Waals surface area contributed by atoms with Crippen LogP contribution in [0.15, 0.2) is 89.4 Å². The van der Waals surface area contributed by atoms with Crippen molar-refractivity contribution in [2.75, 3.05) is 11.9 Å². The predicted octanol–water partition coefficient (Wildman–Crippen LogP) is 5.63. The van der Waals surface area contributed by atoms with Gasteiger partial charge in [0.25, 0.3) is 5.91 Å². The van der Waals surface area contributed by atoms with Gasteiger partial charge in [-0.3, -0.25) is 14.5 Å². The first-order valence-electron chi connectivity index (χ1n) is 9.77. The van der Waals surface area contributed by atoms with Crippen LogP contribution < -0.4 is 5.32 Å². The number of rotatable bonds is 5. The van der Waals surface area contributed by atoms with Crippen molar-refractivity contribution in [3.63, 3.8) is 0 Å². The number of hydrogen-bond acceptors (Lipinski definition) is 4. The summed E-state index contributed by atoms with van der Waals surface area (Å²) < 4.78 is 0.386. The van der Waals surface area contributed by atoms with Crippen molar-refractivity contribution >= 4 is 62.7 Å². The Bertz CT molecular complexity index is 1230. The fourth-order valence-corrected chi connectivity index (χ4v) is 4.67.